The van der Waals surface area contributed by atoms with Gasteiger partial charge in [0.05, 0.1) is 7.11 Å². The fourth-order valence-electron chi connectivity index (χ4n) is 4.16. The van der Waals surface area contributed by atoms with Gasteiger partial charge >= 0.3 is 5.97 Å². The second kappa shape index (κ2) is 8.77. The van der Waals surface area contributed by atoms with E-state index >= 15 is 0 Å². The van der Waals surface area contributed by atoms with Gasteiger partial charge in [-0.25, -0.2) is 4.79 Å². The van der Waals surface area contributed by atoms with E-state index in [1.54, 1.807) is 31.2 Å². The molecule has 0 saturated heterocycles. The maximum Gasteiger partial charge on any atom is 0.328 e. The maximum absolute atomic E-state index is 12.8. The van der Waals surface area contributed by atoms with Gasteiger partial charge in [0.2, 0.25) is 0 Å². The molecule has 0 bridgehead atoms. The second-order valence-corrected chi connectivity index (χ2v) is 9.78. The second-order valence-electron chi connectivity index (χ2n) is 9.78. The van der Waals surface area contributed by atoms with Crippen LogP contribution >= 0.6 is 0 Å². The summed E-state index contributed by atoms with van der Waals surface area (Å²) in [7, 11) is 1.27. The molecule has 170 valence electrons. The fourth-order valence-corrected chi connectivity index (χ4v) is 4.16. The molecule has 2 aromatic carbocycles. The zero-order chi connectivity index (χ0) is 23.7. The zero-order valence-electron chi connectivity index (χ0n) is 19.7. The van der Waals surface area contributed by atoms with Gasteiger partial charge in [0.1, 0.15) is 6.04 Å². The SMILES string of the molecule is COC(=O)[C@H](C)NC(=O)c1ccc(C(=O)Nc2ccc3c(c2)C(C)(C)CCC3(C)C)cc1. The molecular weight excluding hydrogens is 404 g/mol. The number of rotatable bonds is 5. The summed E-state index contributed by atoms with van der Waals surface area (Å²) in [6.07, 6.45) is 2.24. The van der Waals surface area contributed by atoms with E-state index in [-0.39, 0.29) is 16.7 Å². The van der Waals surface area contributed by atoms with Gasteiger partial charge in [-0.3, -0.25) is 9.59 Å². The highest BCUT2D eigenvalue weighted by Gasteiger charge is 2.37. The lowest BCUT2D eigenvalue weighted by atomic mass is 9.63. The van der Waals surface area contributed by atoms with Crippen molar-refractivity contribution in [3.8, 4) is 0 Å². The van der Waals surface area contributed by atoms with E-state index in [0.29, 0.717) is 11.1 Å². The molecule has 0 fully saturated rings. The quantitative estimate of drug-likeness (QED) is 0.672. The van der Waals surface area contributed by atoms with Crippen LogP contribution in [0.4, 0.5) is 5.69 Å². The number of carbonyl (C=O) groups is 3. The van der Waals surface area contributed by atoms with Crippen LogP contribution in [-0.2, 0) is 20.4 Å². The van der Waals surface area contributed by atoms with E-state index in [1.165, 1.54) is 18.2 Å². The average molecular weight is 437 g/mol. The van der Waals surface area contributed by atoms with E-state index in [9.17, 15) is 14.4 Å². The van der Waals surface area contributed by atoms with E-state index in [2.05, 4.69) is 55.2 Å². The first kappa shape index (κ1) is 23.5. The highest BCUT2D eigenvalue weighted by molar-refractivity contribution is 6.05. The number of benzene rings is 2. The average Bonchev–Trinajstić information content (AvgIpc) is 2.76. The van der Waals surface area contributed by atoms with Crippen LogP contribution in [0.5, 0.6) is 0 Å². The smallest absolute Gasteiger partial charge is 0.328 e. The van der Waals surface area contributed by atoms with Gasteiger partial charge in [-0.1, -0.05) is 33.8 Å². The number of nitrogens with one attached hydrogen (secondary N) is 2. The van der Waals surface area contributed by atoms with Crippen molar-refractivity contribution >= 4 is 23.5 Å². The number of fused-ring (bicyclic) bond motifs is 1. The third-order valence-corrected chi connectivity index (χ3v) is 6.42. The van der Waals surface area contributed by atoms with Crippen molar-refractivity contribution in [2.45, 2.75) is 64.3 Å². The summed E-state index contributed by atoms with van der Waals surface area (Å²) in [5.41, 5.74) is 4.35. The number of hydrogen-bond donors (Lipinski definition) is 2. The number of ether oxygens (including phenoxy) is 1. The predicted octanol–water partition coefficient (Wildman–Crippen LogP) is 4.58. The van der Waals surface area contributed by atoms with E-state index in [1.807, 2.05) is 6.07 Å². The summed E-state index contributed by atoms with van der Waals surface area (Å²) in [6, 6.07) is 11.7. The molecule has 0 spiro atoms. The molecule has 0 aromatic heterocycles. The lowest BCUT2D eigenvalue weighted by molar-refractivity contribution is -0.142. The molecule has 0 unspecified atom stereocenters. The highest BCUT2D eigenvalue weighted by Crippen LogP contribution is 2.46. The minimum absolute atomic E-state index is 0.0575. The molecule has 0 saturated carbocycles. The van der Waals surface area contributed by atoms with Gasteiger partial charge in [-0.15, -0.1) is 0 Å². The van der Waals surface area contributed by atoms with E-state index in [0.717, 1.165) is 18.5 Å². The summed E-state index contributed by atoms with van der Waals surface area (Å²) in [5.74, 6) is -1.17. The number of carbonyl (C=O) groups excluding carboxylic acids is 3. The minimum atomic E-state index is -0.756. The fraction of sp³-hybridized carbons (Fsp3) is 0.423. The van der Waals surface area contributed by atoms with Gasteiger partial charge in [0.15, 0.2) is 0 Å². The zero-order valence-corrected chi connectivity index (χ0v) is 19.7. The van der Waals surface area contributed by atoms with Gasteiger partial charge < -0.3 is 15.4 Å². The van der Waals surface area contributed by atoms with Gasteiger partial charge in [0, 0.05) is 16.8 Å². The molecular formula is C26H32N2O4. The Balaban J connectivity index is 1.73. The molecule has 0 heterocycles. The van der Waals surface area contributed by atoms with Crippen LogP contribution in [0.1, 0.15) is 79.3 Å². The minimum Gasteiger partial charge on any atom is -0.467 e. The molecule has 2 amide bonds. The Morgan fingerprint density at radius 3 is 1.94 bits per heavy atom. The first-order valence-corrected chi connectivity index (χ1v) is 10.9. The summed E-state index contributed by atoms with van der Waals surface area (Å²) in [5, 5.41) is 5.54. The molecule has 6 nitrogen and oxygen atoms in total. The van der Waals surface area contributed by atoms with Crippen molar-refractivity contribution in [3.63, 3.8) is 0 Å². The largest absolute Gasteiger partial charge is 0.467 e. The number of methoxy groups -OCH3 is 1. The maximum atomic E-state index is 12.8. The van der Waals surface area contributed by atoms with Crippen molar-refractivity contribution < 1.29 is 19.1 Å². The van der Waals surface area contributed by atoms with Crippen LogP contribution < -0.4 is 10.6 Å². The predicted molar refractivity (Wildman–Crippen MR) is 125 cm³/mol. The molecule has 32 heavy (non-hydrogen) atoms. The van der Waals surface area contributed by atoms with Crippen LogP contribution in [0.2, 0.25) is 0 Å². The van der Waals surface area contributed by atoms with Crippen molar-refractivity contribution in [2.75, 3.05) is 12.4 Å². The van der Waals surface area contributed by atoms with Crippen LogP contribution in [0.15, 0.2) is 42.5 Å². The summed E-state index contributed by atoms with van der Waals surface area (Å²) in [6.45, 7) is 10.6. The normalized spacial score (nSPS) is 16.9. The molecule has 6 heteroatoms. The van der Waals surface area contributed by atoms with E-state index in [4.69, 9.17) is 0 Å². The number of esters is 1. The molecule has 3 rings (SSSR count). The van der Waals surface area contributed by atoms with Crippen molar-refractivity contribution in [1.82, 2.24) is 5.32 Å². The lowest BCUT2D eigenvalue weighted by Gasteiger charge is -2.42. The first-order valence-electron chi connectivity index (χ1n) is 10.9. The molecule has 1 aliphatic carbocycles. The Hall–Kier alpha value is -3.15. The molecule has 1 aliphatic rings. The topological polar surface area (TPSA) is 84.5 Å². The van der Waals surface area contributed by atoms with Gasteiger partial charge in [0.25, 0.3) is 11.8 Å². The standard InChI is InChI=1S/C26H32N2O4/c1-16(24(31)32-6)27-22(29)17-7-9-18(10-8-17)23(30)28-19-11-12-20-21(15-19)26(4,5)14-13-25(20,2)3/h7-12,15-16H,13-14H2,1-6H3,(H,27,29)(H,28,30)/t16-/m0/s1. The molecule has 1 atom stereocenters. The highest BCUT2D eigenvalue weighted by atomic mass is 16.5. The van der Waals surface area contributed by atoms with Crippen LogP contribution in [0.25, 0.3) is 0 Å². The summed E-state index contributed by atoms with van der Waals surface area (Å²) >= 11 is 0. The lowest BCUT2D eigenvalue weighted by Crippen LogP contribution is -2.39. The van der Waals surface area contributed by atoms with Crippen molar-refractivity contribution in [1.29, 1.82) is 0 Å². The summed E-state index contributed by atoms with van der Waals surface area (Å²) in [4.78, 5) is 36.5. The number of anilines is 1. The monoisotopic (exact) mass is 436 g/mol. The van der Waals surface area contributed by atoms with Crippen LogP contribution in [-0.4, -0.2) is 30.9 Å². The Morgan fingerprint density at radius 1 is 0.844 bits per heavy atom. The Bertz CT molecular complexity index is 1040. The number of hydrogen-bond acceptors (Lipinski definition) is 4. The first-order chi connectivity index (χ1) is 14.9. The number of amides is 2. The Labute approximate surface area is 189 Å². The van der Waals surface area contributed by atoms with Crippen molar-refractivity contribution in [3.05, 3.63) is 64.7 Å². The Kier molecular flexibility index (Phi) is 6.44. The third-order valence-electron chi connectivity index (χ3n) is 6.42. The van der Waals surface area contributed by atoms with Crippen molar-refractivity contribution in [2.24, 2.45) is 0 Å². The molecule has 0 radical (unpaired) electrons. The van der Waals surface area contributed by atoms with E-state index < -0.39 is 17.9 Å². The van der Waals surface area contributed by atoms with Gasteiger partial charge in [-0.2, -0.15) is 0 Å². The molecule has 2 aromatic rings. The third kappa shape index (κ3) is 4.85. The van der Waals surface area contributed by atoms with Crippen LogP contribution in [0.3, 0.4) is 0 Å². The summed E-state index contributed by atoms with van der Waals surface area (Å²) < 4.78 is 4.61. The van der Waals surface area contributed by atoms with Crippen LogP contribution in [0, 0.1) is 0 Å². The molecule has 2 N–H and O–H groups in total. The van der Waals surface area contributed by atoms with Gasteiger partial charge in [-0.05, 0) is 78.1 Å². The Morgan fingerprint density at radius 2 is 1.38 bits per heavy atom. The molecule has 0 aliphatic heterocycles.